The van der Waals surface area contributed by atoms with E-state index in [2.05, 4.69) is 78.1 Å². The van der Waals surface area contributed by atoms with E-state index in [9.17, 15) is 4.79 Å². The monoisotopic (exact) mass is 423 g/mol. The summed E-state index contributed by atoms with van der Waals surface area (Å²) in [7, 11) is 0. The van der Waals surface area contributed by atoms with Gasteiger partial charge in [-0.25, -0.2) is 4.48 Å². The van der Waals surface area contributed by atoms with E-state index in [0.29, 0.717) is 11.1 Å². The molecule has 5 rings (SSSR count). The van der Waals surface area contributed by atoms with Crippen LogP contribution in [0.1, 0.15) is 24.5 Å². The van der Waals surface area contributed by atoms with Gasteiger partial charge in [0.15, 0.2) is 0 Å². The van der Waals surface area contributed by atoms with E-state index >= 15 is 0 Å². The Balaban J connectivity index is 1.84. The van der Waals surface area contributed by atoms with Gasteiger partial charge in [0.25, 0.3) is 0 Å². The number of rotatable bonds is 6. The summed E-state index contributed by atoms with van der Waals surface area (Å²) in [6, 6.07) is 31.4. The van der Waals surface area contributed by atoms with Crippen LogP contribution in [0.4, 0.5) is 5.69 Å². The quantitative estimate of drug-likeness (QED) is 0.429. The van der Waals surface area contributed by atoms with Crippen LogP contribution in [0, 0.1) is 0 Å². The molecule has 0 aliphatic carbocycles. The Hall–Kier alpha value is -3.63. The van der Waals surface area contributed by atoms with Crippen LogP contribution in [0.5, 0.6) is 0 Å². The third-order valence-corrected chi connectivity index (χ3v) is 6.30. The number of fused-ring (bicyclic) bond motifs is 1. The fraction of sp³-hybridized carbons (Fsp3) is 0.179. The summed E-state index contributed by atoms with van der Waals surface area (Å²) in [5.41, 5.74) is 6.77. The number of esters is 1. The zero-order chi connectivity index (χ0) is 22.0. The molecule has 2 aliphatic heterocycles. The molecule has 0 radical (unpaired) electrons. The fourth-order valence-corrected chi connectivity index (χ4v) is 5.06. The molecule has 4 heteroatoms. The molecule has 2 aliphatic rings. The second-order valence-corrected chi connectivity index (χ2v) is 8.05. The first-order chi connectivity index (χ1) is 15.8. The van der Waals surface area contributed by atoms with Crippen molar-refractivity contribution in [3.63, 3.8) is 0 Å². The molecule has 4 nitrogen and oxygen atoms in total. The summed E-state index contributed by atoms with van der Waals surface area (Å²) in [5.74, 6) is 0.950. The van der Waals surface area contributed by atoms with Crippen LogP contribution in [-0.4, -0.2) is 25.7 Å². The molecule has 1 fully saturated rings. The Labute approximate surface area is 189 Å². The molecule has 0 aromatic heterocycles. The number of nitrogens with one attached hydrogen (secondary N) is 1. The Kier molecular flexibility index (Phi) is 5.38. The highest BCUT2D eigenvalue weighted by Gasteiger charge is 2.53. The lowest BCUT2D eigenvalue weighted by Gasteiger charge is -2.32. The lowest BCUT2D eigenvalue weighted by molar-refractivity contribution is -0.142. The molecular weight excluding hydrogens is 396 g/mol. The third kappa shape index (κ3) is 3.24. The van der Waals surface area contributed by atoms with Gasteiger partial charge in [0.05, 0.1) is 24.3 Å². The van der Waals surface area contributed by atoms with Crippen molar-refractivity contribution in [3.05, 3.63) is 114 Å². The second kappa shape index (κ2) is 8.48. The van der Waals surface area contributed by atoms with Crippen molar-refractivity contribution in [1.82, 2.24) is 9.80 Å². The van der Waals surface area contributed by atoms with Crippen LogP contribution in [0.15, 0.2) is 103 Å². The van der Waals surface area contributed by atoms with Crippen molar-refractivity contribution < 1.29 is 9.53 Å². The fourth-order valence-electron chi connectivity index (χ4n) is 5.06. The molecule has 32 heavy (non-hydrogen) atoms. The first-order valence-corrected chi connectivity index (χ1v) is 11.2. The minimum atomic E-state index is -0.190. The van der Waals surface area contributed by atoms with Gasteiger partial charge in [-0.2, -0.15) is 0 Å². The topological polar surface area (TPSA) is 38.3 Å². The molecule has 0 bridgehead atoms. The van der Waals surface area contributed by atoms with E-state index < -0.39 is 0 Å². The van der Waals surface area contributed by atoms with Crippen LogP contribution in [0.3, 0.4) is 0 Å². The first kappa shape index (κ1) is 20.3. The predicted molar refractivity (Wildman–Crippen MR) is 129 cm³/mol. The average molecular weight is 424 g/mol. The van der Waals surface area contributed by atoms with Gasteiger partial charge < -0.3 is 10.1 Å². The highest BCUT2D eigenvalue weighted by molar-refractivity contribution is 6.12. The third-order valence-electron chi connectivity index (χ3n) is 6.30. The van der Waals surface area contributed by atoms with Crippen LogP contribution < -0.4 is 9.80 Å². The van der Waals surface area contributed by atoms with E-state index in [-0.39, 0.29) is 12.4 Å². The minimum absolute atomic E-state index is 0.190. The maximum absolute atomic E-state index is 12.9. The highest BCUT2D eigenvalue weighted by Crippen LogP contribution is 2.53. The van der Waals surface area contributed by atoms with Gasteiger partial charge in [-0.15, -0.1) is 0 Å². The molecule has 3 aromatic rings. The zero-order valence-electron chi connectivity index (χ0n) is 18.3. The van der Waals surface area contributed by atoms with Crippen LogP contribution in [-0.2, 0) is 9.53 Å². The van der Waals surface area contributed by atoms with Gasteiger partial charge >= 0.3 is 5.97 Å². The summed E-state index contributed by atoms with van der Waals surface area (Å²) in [5, 5.41) is 3.70. The lowest BCUT2D eigenvalue weighted by Crippen LogP contribution is -2.44. The summed E-state index contributed by atoms with van der Waals surface area (Å²) < 4.78 is 5.97. The van der Waals surface area contributed by atoms with Gasteiger partial charge in [0.2, 0.25) is 5.82 Å². The minimum Gasteiger partial charge on any atom is -0.466 e. The molecule has 0 spiro atoms. The van der Waals surface area contributed by atoms with Gasteiger partial charge in [0, 0.05) is 12.1 Å². The maximum atomic E-state index is 12.9. The summed E-state index contributed by atoms with van der Waals surface area (Å²) >= 11 is 0. The van der Waals surface area contributed by atoms with Gasteiger partial charge in [0.1, 0.15) is 24.4 Å². The van der Waals surface area contributed by atoms with Crippen LogP contribution in [0.2, 0.25) is 0 Å². The predicted octanol–water partition coefficient (Wildman–Crippen LogP) is 5.34. The molecule has 1 N–H and O–H groups in total. The first-order valence-electron chi connectivity index (χ1n) is 11.2. The second-order valence-electron chi connectivity index (χ2n) is 8.05. The Bertz CT molecular complexity index is 1180. The van der Waals surface area contributed by atoms with E-state index in [1.165, 1.54) is 0 Å². The normalized spacial score (nSPS) is 19.7. The maximum Gasteiger partial charge on any atom is 0.315 e. The zero-order valence-corrected chi connectivity index (χ0v) is 18.3. The molecule has 1 saturated heterocycles. The molecule has 1 atom stereocenters. The lowest BCUT2D eigenvalue weighted by atomic mass is 9.92. The van der Waals surface area contributed by atoms with E-state index in [1.54, 1.807) is 0 Å². The molecule has 0 amide bonds. The van der Waals surface area contributed by atoms with Crippen molar-refractivity contribution >= 4 is 22.8 Å². The largest absolute Gasteiger partial charge is 0.466 e. The number of carbonyl (C=O) groups excluding carboxylic acids is 1. The van der Waals surface area contributed by atoms with Crippen molar-refractivity contribution in [2.45, 2.75) is 13.3 Å². The van der Waals surface area contributed by atoms with Crippen molar-refractivity contribution in [2.24, 2.45) is 0 Å². The van der Waals surface area contributed by atoms with E-state index in [1.807, 2.05) is 25.1 Å². The number of carbonyl (C=O) groups is 1. The van der Waals surface area contributed by atoms with Crippen molar-refractivity contribution in [2.75, 3.05) is 19.7 Å². The number of benzene rings is 3. The number of nitrogens with zero attached hydrogens (tertiary/aromatic N) is 1. The number of para-hydroxylation sites is 1. The standard InChI is InChI=1S/C28H27N2O2/c1-2-32-25(31)20-24-26(21-12-6-3-7-13-21)27(22-14-8-4-9-15-22)28-29-18-19-30(24,28)23-16-10-5-11-17-23/h3-17,29H,2,18-20H2,1H3/q+1. The molecular formula is C28H27N2O2+. The highest BCUT2D eigenvalue weighted by atomic mass is 16.5. The molecule has 3 aromatic carbocycles. The van der Waals surface area contributed by atoms with Crippen LogP contribution >= 0.6 is 0 Å². The average Bonchev–Trinajstić information content (AvgIpc) is 3.38. The van der Waals surface area contributed by atoms with Crippen molar-refractivity contribution in [3.8, 4) is 0 Å². The summed E-state index contributed by atoms with van der Waals surface area (Å²) in [4.78, 5) is 12.9. The Morgan fingerprint density at radius 3 is 2.00 bits per heavy atom. The Morgan fingerprint density at radius 1 is 0.844 bits per heavy atom. The van der Waals surface area contributed by atoms with Gasteiger partial charge in [-0.3, -0.25) is 4.79 Å². The van der Waals surface area contributed by atoms with Crippen molar-refractivity contribution in [1.29, 1.82) is 0 Å². The number of ether oxygens (including phenoxy) is 1. The number of hydrogen-bond donors (Lipinski definition) is 1. The van der Waals surface area contributed by atoms with Crippen LogP contribution in [0.25, 0.3) is 11.1 Å². The number of quaternary nitrogens is 1. The van der Waals surface area contributed by atoms with Gasteiger partial charge in [-0.05, 0) is 18.1 Å². The van der Waals surface area contributed by atoms with Gasteiger partial charge in [-0.1, -0.05) is 78.9 Å². The molecule has 1 unspecified atom stereocenters. The SMILES string of the molecule is CCOC(=O)CC1=C(c2ccccc2)C(c2ccccc2)=C2NCC[N+]12c1ccccc1. The summed E-state index contributed by atoms with van der Waals surface area (Å²) in [6.45, 7) is 3.93. The molecule has 2 heterocycles. The number of allylic oxidation sites excluding steroid dienone is 2. The smallest absolute Gasteiger partial charge is 0.315 e. The molecule has 160 valence electrons. The Morgan fingerprint density at radius 2 is 1.41 bits per heavy atom. The summed E-state index contributed by atoms with van der Waals surface area (Å²) in [6.07, 6.45) is 0.245. The number of hydrogen-bond acceptors (Lipinski definition) is 3. The molecule has 0 saturated carbocycles. The van der Waals surface area contributed by atoms with E-state index in [4.69, 9.17) is 4.74 Å². The van der Waals surface area contributed by atoms with E-state index in [0.717, 1.165) is 52.6 Å².